The van der Waals surface area contributed by atoms with Gasteiger partial charge in [-0.2, -0.15) is 0 Å². The van der Waals surface area contributed by atoms with Crippen LogP contribution in [-0.2, 0) is 0 Å². The summed E-state index contributed by atoms with van der Waals surface area (Å²) >= 11 is 1.90. The molecule has 5 aromatic carbocycles. The lowest BCUT2D eigenvalue weighted by Crippen LogP contribution is -1.80. The molecular formula is C28H20S. The van der Waals surface area contributed by atoms with E-state index in [4.69, 9.17) is 0 Å². The van der Waals surface area contributed by atoms with Gasteiger partial charge in [-0.25, -0.2) is 0 Å². The number of benzene rings is 5. The zero-order valence-corrected chi connectivity index (χ0v) is 17.3. The van der Waals surface area contributed by atoms with E-state index in [1.807, 2.05) is 11.3 Å². The van der Waals surface area contributed by atoms with Gasteiger partial charge in [-0.3, -0.25) is 0 Å². The highest BCUT2D eigenvalue weighted by Crippen LogP contribution is 2.39. The second kappa shape index (κ2) is 6.17. The molecule has 138 valence electrons. The molecule has 0 unspecified atom stereocenters. The van der Waals surface area contributed by atoms with Crippen LogP contribution in [0.25, 0.3) is 52.8 Å². The van der Waals surface area contributed by atoms with Crippen LogP contribution in [-0.4, -0.2) is 0 Å². The number of fused-ring (bicyclic) bond motifs is 5. The van der Waals surface area contributed by atoms with E-state index < -0.39 is 0 Å². The number of hydrogen-bond acceptors (Lipinski definition) is 1. The van der Waals surface area contributed by atoms with Crippen molar-refractivity contribution in [2.24, 2.45) is 0 Å². The summed E-state index contributed by atoms with van der Waals surface area (Å²) in [4.78, 5) is 0. The highest BCUT2D eigenvalue weighted by Gasteiger charge is 2.09. The van der Waals surface area contributed by atoms with E-state index in [2.05, 4.69) is 98.8 Å². The molecule has 0 amide bonds. The maximum atomic E-state index is 2.37. The molecule has 0 aliphatic heterocycles. The molecule has 0 fully saturated rings. The molecule has 0 aliphatic carbocycles. The molecule has 0 atom stereocenters. The van der Waals surface area contributed by atoms with Crippen LogP contribution < -0.4 is 0 Å². The van der Waals surface area contributed by atoms with Gasteiger partial charge in [0.15, 0.2) is 0 Å². The van der Waals surface area contributed by atoms with Gasteiger partial charge in [0.25, 0.3) is 0 Å². The molecule has 0 saturated heterocycles. The molecular weight excluding hydrogens is 368 g/mol. The maximum Gasteiger partial charge on any atom is 0.0361 e. The fourth-order valence-electron chi connectivity index (χ4n) is 4.31. The molecule has 0 saturated carbocycles. The van der Waals surface area contributed by atoms with Gasteiger partial charge < -0.3 is 0 Å². The molecule has 1 heterocycles. The van der Waals surface area contributed by atoms with Crippen LogP contribution in [0.3, 0.4) is 0 Å². The van der Waals surface area contributed by atoms with E-state index in [1.54, 1.807) is 0 Å². The molecule has 0 nitrogen and oxygen atoms in total. The van der Waals surface area contributed by atoms with Crippen LogP contribution in [0.5, 0.6) is 0 Å². The lowest BCUT2D eigenvalue weighted by Gasteiger charge is -2.06. The quantitative estimate of drug-likeness (QED) is 0.264. The lowest BCUT2D eigenvalue weighted by atomic mass is 9.99. The molecule has 29 heavy (non-hydrogen) atoms. The molecule has 1 heteroatoms. The SMILES string of the molecule is Cc1ccc(-c2ccc3cc4c(cc3c2)sc2cc3ccc(C)cc3cc24)cc1. The lowest BCUT2D eigenvalue weighted by molar-refractivity contribution is 1.47. The van der Waals surface area contributed by atoms with Gasteiger partial charge in [-0.05, 0) is 76.9 Å². The fraction of sp³-hybridized carbons (Fsp3) is 0.0714. The highest BCUT2D eigenvalue weighted by atomic mass is 32.1. The summed E-state index contributed by atoms with van der Waals surface area (Å²) in [5, 5.41) is 7.99. The Bertz CT molecular complexity index is 1550. The van der Waals surface area contributed by atoms with Crippen molar-refractivity contribution >= 4 is 53.1 Å². The summed E-state index contributed by atoms with van der Waals surface area (Å²) in [5.41, 5.74) is 5.16. The first-order valence-electron chi connectivity index (χ1n) is 10.0. The van der Waals surface area contributed by atoms with Crippen molar-refractivity contribution in [1.29, 1.82) is 0 Å². The molecule has 0 aliphatic rings. The zero-order chi connectivity index (χ0) is 19.5. The second-order valence-electron chi connectivity index (χ2n) is 8.08. The van der Waals surface area contributed by atoms with Crippen molar-refractivity contribution in [3.05, 3.63) is 96.1 Å². The van der Waals surface area contributed by atoms with Crippen molar-refractivity contribution < 1.29 is 0 Å². The van der Waals surface area contributed by atoms with E-state index in [9.17, 15) is 0 Å². The van der Waals surface area contributed by atoms with Crippen LogP contribution in [0, 0.1) is 13.8 Å². The van der Waals surface area contributed by atoms with Gasteiger partial charge >= 0.3 is 0 Å². The number of thiophene rings is 1. The van der Waals surface area contributed by atoms with E-state index >= 15 is 0 Å². The Kier molecular flexibility index (Phi) is 3.57. The van der Waals surface area contributed by atoms with Crippen LogP contribution in [0.1, 0.15) is 11.1 Å². The van der Waals surface area contributed by atoms with Crippen molar-refractivity contribution in [2.75, 3.05) is 0 Å². The van der Waals surface area contributed by atoms with Crippen molar-refractivity contribution in [1.82, 2.24) is 0 Å². The first-order chi connectivity index (χ1) is 14.1. The predicted octanol–water partition coefficient (Wildman–Crippen LogP) is 8.64. The van der Waals surface area contributed by atoms with E-state index in [0.29, 0.717) is 0 Å². The first kappa shape index (κ1) is 16.8. The third-order valence-corrected chi connectivity index (χ3v) is 7.04. The predicted molar refractivity (Wildman–Crippen MR) is 129 cm³/mol. The highest BCUT2D eigenvalue weighted by molar-refractivity contribution is 7.26. The monoisotopic (exact) mass is 388 g/mol. The van der Waals surface area contributed by atoms with Gasteiger partial charge in [-0.15, -0.1) is 11.3 Å². The van der Waals surface area contributed by atoms with Crippen molar-refractivity contribution in [3.8, 4) is 11.1 Å². The fourth-order valence-corrected chi connectivity index (χ4v) is 5.47. The Balaban J connectivity index is 1.59. The van der Waals surface area contributed by atoms with Gasteiger partial charge in [0.05, 0.1) is 0 Å². The summed E-state index contributed by atoms with van der Waals surface area (Å²) in [7, 11) is 0. The Morgan fingerprint density at radius 1 is 0.448 bits per heavy atom. The minimum atomic E-state index is 1.27. The van der Waals surface area contributed by atoms with E-state index in [1.165, 1.54) is 64.0 Å². The molecule has 1 aromatic heterocycles. The van der Waals surface area contributed by atoms with Crippen LogP contribution in [0.4, 0.5) is 0 Å². The topological polar surface area (TPSA) is 0 Å². The van der Waals surface area contributed by atoms with Crippen LogP contribution in [0.2, 0.25) is 0 Å². The Hall–Kier alpha value is -3.16. The number of aryl methyl sites for hydroxylation is 2. The molecule has 6 rings (SSSR count). The maximum absolute atomic E-state index is 2.37. The average molecular weight is 389 g/mol. The summed E-state index contributed by atoms with van der Waals surface area (Å²) in [5.74, 6) is 0. The molecule has 0 radical (unpaired) electrons. The summed E-state index contributed by atoms with van der Waals surface area (Å²) in [6.45, 7) is 4.29. The summed E-state index contributed by atoms with van der Waals surface area (Å²) in [6, 6.07) is 31.8. The summed E-state index contributed by atoms with van der Waals surface area (Å²) in [6.07, 6.45) is 0. The average Bonchev–Trinajstić information content (AvgIpc) is 3.07. The first-order valence-corrected chi connectivity index (χ1v) is 10.8. The van der Waals surface area contributed by atoms with Gasteiger partial charge in [0.1, 0.15) is 0 Å². The normalized spacial score (nSPS) is 11.8. The largest absolute Gasteiger partial charge is 0.135 e. The summed E-state index contributed by atoms with van der Waals surface area (Å²) < 4.78 is 2.73. The van der Waals surface area contributed by atoms with Crippen molar-refractivity contribution in [2.45, 2.75) is 13.8 Å². The van der Waals surface area contributed by atoms with Crippen molar-refractivity contribution in [3.63, 3.8) is 0 Å². The zero-order valence-electron chi connectivity index (χ0n) is 16.5. The molecule has 6 aromatic rings. The minimum absolute atomic E-state index is 1.27. The van der Waals surface area contributed by atoms with E-state index in [0.717, 1.165) is 0 Å². The second-order valence-corrected chi connectivity index (χ2v) is 9.16. The van der Waals surface area contributed by atoms with Gasteiger partial charge in [0, 0.05) is 20.2 Å². The Labute approximate surface area is 174 Å². The molecule has 0 bridgehead atoms. The minimum Gasteiger partial charge on any atom is -0.135 e. The van der Waals surface area contributed by atoms with Crippen LogP contribution in [0.15, 0.2) is 84.9 Å². The molecule has 0 spiro atoms. The smallest absolute Gasteiger partial charge is 0.0361 e. The standard InChI is InChI=1S/C28H20S/c1-17-3-6-19(7-4-17)20-9-10-21-13-25-26-14-23-11-18(2)5-8-22(23)15-27(26)29-28(25)16-24(21)12-20/h3-16H,1-2H3. The number of rotatable bonds is 1. The van der Waals surface area contributed by atoms with Gasteiger partial charge in [0.2, 0.25) is 0 Å². The van der Waals surface area contributed by atoms with Crippen LogP contribution >= 0.6 is 11.3 Å². The van der Waals surface area contributed by atoms with Gasteiger partial charge in [-0.1, -0.05) is 65.7 Å². The molecule has 0 N–H and O–H groups in total. The Morgan fingerprint density at radius 2 is 1.00 bits per heavy atom. The van der Waals surface area contributed by atoms with E-state index in [-0.39, 0.29) is 0 Å². The Morgan fingerprint density at radius 3 is 1.79 bits per heavy atom. The third-order valence-electron chi connectivity index (χ3n) is 5.93. The number of hydrogen-bond donors (Lipinski definition) is 0. The third kappa shape index (κ3) is 2.73.